The van der Waals surface area contributed by atoms with Gasteiger partial charge in [-0.25, -0.2) is 0 Å². The number of hydrogen-bond donors (Lipinski definition) is 2. The molecular formula is C15H19NO4. The largest absolute Gasteiger partial charge is 0.481 e. The Morgan fingerprint density at radius 3 is 2.85 bits per heavy atom. The van der Waals surface area contributed by atoms with Crippen LogP contribution in [0.2, 0.25) is 0 Å². The van der Waals surface area contributed by atoms with Crippen LogP contribution in [0.15, 0.2) is 24.3 Å². The summed E-state index contributed by atoms with van der Waals surface area (Å²) in [6, 6.07) is 7.21. The van der Waals surface area contributed by atoms with Gasteiger partial charge >= 0.3 is 5.97 Å². The van der Waals surface area contributed by atoms with Gasteiger partial charge in [0.15, 0.2) is 0 Å². The monoisotopic (exact) mass is 277 g/mol. The van der Waals surface area contributed by atoms with Crippen molar-refractivity contribution in [3.05, 3.63) is 35.4 Å². The fraction of sp³-hybridized carbons (Fsp3) is 0.467. The minimum atomic E-state index is -0.774. The van der Waals surface area contributed by atoms with Gasteiger partial charge < -0.3 is 15.2 Å². The number of nitrogens with one attached hydrogen (secondary N) is 1. The average Bonchev–Trinajstić information content (AvgIpc) is 2.88. The summed E-state index contributed by atoms with van der Waals surface area (Å²) in [7, 11) is 1.61. The van der Waals surface area contributed by atoms with E-state index < -0.39 is 5.97 Å². The molecule has 2 rings (SSSR count). The number of ether oxygens (including phenoxy) is 1. The number of aliphatic carboxylic acids is 1. The first-order valence-electron chi connectivity index (χ1n) is 6.71. The lowest BCUT2D eigenvalue weighted by Gasteiger charge is -2.13. The van der Waals surface area contributed by atoms with Gasteiger partial charge in [0.2, 0.25) is 0 Å². The van der Waals surface area contributed by atoms with Gasteiger partial charge in [-0.15, -0.1) is 0 Å². The Kier molecular flexibility index (Phi) is 4.74. The summed E-state index contributed by atoms with van der Waals surface area (Å²) in [6.07, 6.45) is 1.86. The van der Waals surface area contributed by atoms with E-state index in [0.717, 1.165) is 12.0 Å². The number of hydrogen-bond acceptors (Lipinski definition) is 3. The zero-order chi connectivity index (χ0) is 14.5. The Hall–Kier alpha value is -1.88. The summed E-state index contributed by atoms with van der Waals surface area (Å²) in [5, 5.41) is 11.9. The highest BCUT2D eigenvalue weighted by molar-refractivity contribution is 5.94. The van der Waals surface area contributed by atoms with Gasteiger partial charge in [0.05, 0.1) is 12.5 Å². The molecule has 0 saturated heterocycles. The first-order chi connectivity index (χ1) is 9.60. The molecule has 1 aliphatic carbocycles. The highest BCUT2D eigenvalue weighted by Crippen LogP contribution is 2.25. The first-order valence-corrected chi connectivity index (χ1v) is 6.71. The normalized spacial score (nSPS) is 21.6. The van der Waals surface area contributed by atoms with Crippen molar-refractivity contribution in [2.45, 2.75) is 31.9 Å². The van der Waals surface area contributed by atoms with Crippen molar-refractivity contribution in [3.63, 3.8) is 0 Å². The van der Waals surface area contributed by atoms with E-state index in [0.29, 0.717) is 25.0 Å². The maximum Gasteiger partial charge on any atom is 0.306 e. The number of carboxylic acids is 1. The maximum atomic E-state index is 12.1. The molecule has 1 saturated carbocycles. The van der Waals surface area contributed by atoms with E-state index in [-0.39, 0.29) is 17.9 Å². The molecule has 0 radical (unpaired) electrons. The summed E-state index contributed by atoms with van der Waals surface area (Å²) in [6.45, 7) is 0.464. The van der Waals surface area contributed by atoms with Crippen molar-refractivity contribution in [1.29, 1.82) is 0 Å². The third kappa shape index (κ3) is 3.57. The highest BCUT2D eigenvalue weighted by Gasteiger charge is 2.30. The molecular weight excluding hydrogens is 258 g/mol. The Morgan fingerprint density at radius 1 is 1.40 bits per heavy atom. The number of methoxy groups -OCH3 is 1. The summed E-state index contributed by atoms with van der Waals surface area (Å²) in [5.74, 6) is -1.26. The van der Waals surface area contributed by atoms with Gasteiger partial charge in [0.25, 0.3) is 5.91 Å². The minimum Gasteiger partial charge on any atom is -0.481 e. The number of benzene rings is 1. The third-order valence-electron chi connectivity index (χ3n) is 3.62. The standard InChI is InChI=1S/C15H19NO4/c1-20-9-10-3-2-4-11(7-10)14(17)16-13-6-5-12(8-13)15(18)19/h2-4,7,12-13H,5-6,8-9H2,1H3,(H,16,17)(H,18,19)/t12-,13+/m0/s1. The molecule has 2 N–H and O–H groups in total. The van der Waals surface area contributed by atoms with Gasteiger partial charge in [-0.05, 0) is 37.0 Å². The van der Waals surface area contributed by atoms with Crippen LogP contribution in [0.1, 0.15) is 35.2 Å². The maximum absolute atomic E-state index is 12.1. The molecule has 0 spiro atoms. The number of amides is 1. The van der Waals surface area contributed by atoms with Gasteiger partial charge in [0.1, 0.15) is 0 Å². The number of carboxylic acid groups (broad SMARTS) is 1. The van der Waals surface area contributed by atoms with Crippen molar-refractivity contribution in [2.24, 2.45) is 5.92 Å². The van der Waals surface area contributed by atoms with Crippen LogP contribution in [0.25, 0.3) is 0 Å². The van der Waals surface area contributed by atoms with Crippen molar-refractivity contribution in [3.8, 4) is 0 Å². The molecule has 2 atom stereocenters. The van der Waals surface area contributed by atoms with Crippen LogP contribution in [0.5, 0.6) is 0 Å². The summed E-state index contributed by atoms with van der Waals surface area (Å²) >= 11 is 0. The second-order valence-corrected chi connectivity index (χ2v) is 5.15. The third-order valence-corrected chi connectivity index (χ3v) is 3.62. The van der Waals surface area contributed by atoms with Crippen LogP contribution in [-0.2, 0) is 16.1 Å². The van der Waals surface area contributed by atoms with Crippen molar-refractivity contribution in [1.82, 2.24) is 5.32 Å². The molecule has 1 aromatic rings. The summed E-state index contributed by atoms with van der Waals surface area (Å²) in [4.78, 5) is 23.0. The van der Waals surface area contributed by atoms with E-state index in [9.17, 15) is 9.59 Å². The predicted molar refractivity (Wildman–Crippen MR) is 73.4 cm³/mol. The fourth-order valence-electron chi connectivity index (χ4n) is 2.57. The molecule has 0 heterocycles. The van der Waals surface area contributed by atoms with E-state index in [1.54, 1.807) is 19.2 Å². The van der Waals surface area contributed by atoms with Gasteiger partial charge in [-0.2, -0.15) is 0 Å². The molecule has 1 aliphatic rings. The lowest BCUT2D eigenvalue weighted by Crippen LogP contribution is -2.33. The molecule has 1 amide bonds. The average molecular weight is 277 g/mol. The van der Waals surface area contributed by atoms with E-state index in [4.69, 9.17) is 9.84 Å². The smallest absolute Gasteiger partial charge is 0.306 e. The molecule has 108 valence electrons. The number of carbonyl (C=O) groups is 2. The Morgan fingerprint density at radius 2 is 2.20 bits per heavy atom. The van der Waals surface area contributed by atoms with Crippen molar-refractivity contribution >= 4 is 11.9 Å². The topological polar surface area (TPSA) is 75.6 Å². The van der Waals surface area contributed by atoms with Crippen LogP contribution in [0, 0.1) is 5.92 Å². The fourth-order valence-corrected chi connectivity index (χ4v) is 2.57. The minimum absolute atomic E-state index is 0.0466. The Balaban J connectivity index is 1.95. The van der Waals surface area contributed by atoms with Crippen LogP contribution < -0.4 is 5.32 Å². The van der Waals surface area contributed by atoms with Crippen LogP contribution >= 0.6 is 0 Å². The molecule has 0 unspecified atom stereocenters. The molecule has 20 heavy (non-hydrogen) atoms. The summed E-state index contributed by atoms with van der Waals surface area (Å²) in [5.41, 5.74) is 1.52. The quantitative estimate of drug-likeness (QED) is 0.860. The lowest BCUT2D eigenvalue weighted by molar-refractivity contribution is -0.141. The van der Waals surface area contributed by atoms with Crippen LogP contribution in [0.4, 0.5) is 0 Å². The van der Waals surface area contributed by atoms with Crippen LogP contribution in [-0.4, -0.2) is 30.1 Å². The van der Waals surface area contributed by atoms with E-state index in [1.807, 2.05) is 12.1 Å². The van der Waals surface area contributed by atoms with Crippen LogP contribution in [0.3, 0.4) is 0 Å². The lowest BCUT2D eigenvalue weighted by atomic mass is 10.1. The van der Waals surface area contributed by atoms with Gasteiger partial charge in [0, 0.05) is 18.7 Å². The zero-order valence-corrected chi connectivity index (χ0v) is 11.5. The van der Waals surface area contributed by atoms with E-state index in [2.05, 4.69) is 5.32 Å². The molecule has 1 fully saturated rings. The first kappa shape index (κ1) is 14.5. The second kappa shape index (κ2) is 6.52. The zero-order valence-electron chi connectivity index (χ0n) is 11.5. The van der Waals surface area contributed by atoms with Gasteiger partial charge in [-0.3, -0.25) is 9.59 Å². The highest BCUT2D eigenvalue weighted by atomic mass is 16.5. The number of carbonyl (C=O) groups excluding carboxylic acids is 1. The Bertz CT molecular complexity index is 500. The molecule has 0 bridgehead atoms. The summed E-state index contributed by atoms with van der Waals surface area (Å²) < 4.78 is 5.04. The molecule has 5 heteroatoms. The SMILES string of the molecule is COCc1cccc(C(=O)N[C@@H]2CC[C@H](C(=O)O)C2)c1. The predicted octanol–water partition coefficient (Wildman–Crippen LogP) is 1.82. The molecule has 1 aromatic carbocycles. The molecule has 0 aromatic heterocycles. The van der Waals surface area contributed by atoms with Crippen molar-refractivity contribution < 1.29 is 19.4 Å². The van der Waals surface area contributed by atoms with Gasteiger partial charge in [-0.1, -0.05) is 12.1 Å². The molecule has 5 nitrogen and oxygen atoms in total. The Labute approximate surface area is 117 Å². The van der Waals surface area contributed by atoms with Crippen molar-refractivity contribution in [2.75, 3.05) is 7.11 Å². The van der Waals surface area contributed by atoms with E-state index >= 15 is 0 Å². The second-order valence-electron chi connectivity index (χ2n) is 5.15. The number of rotatable bonds is 5. The van der Waals surface area contributed by atoms with E-state index in [1.165, 1.54) is 0 Å². The molecule has 0 aliphatic heterocycles.